The Balaban J connectivity index is 2.52. The molecule has 0 aromatic heterocycles. The van der Waals surface area contributed by atoms with Crippen LogP contribution in [0.2, 0.25) is 0 Å². The SMILES string of the molecule is CC1=C(C)c2c(cc3cccc(C)c3c2C)C1=O. The second-order valence-electron chi connectivity index (χ2n) is 5.18. The third-order valence-corrected chi connectivity index (χ3v) is 4.15. The predicted octanol–water partition coefficient (Wildman–Crippen LogP) is 4.45. The van der Waals surface area contributed by atoms with E-state index in [0.29, 0.717) is 0 Å². The van der Waals surface area contributed by atoms with Gasteiger partial charge in [-0.25, -0.2) is 0 Å². The molecule has 0 aliphatic heterocycles. The Morgan fingerprint density at radius 3 is 2.39 bits per heavy atom. The third kappa shape index (κ3) is 1.25. The van der Waals surface area contributed by atoms with Gasteiger partial charge in [-0.05, 0) is 66.8 Å². The van der Waals surface area contributed by atoms with E-state index >= 15 is 0 Å². The zero-order valence-corrected chi connectivity index (χ0v) is 11.2. The fourth-order valence-electron chi connectivity index (χ4n) is 3.10. The van der Waals surface area contributed by atoms with Gasteiger partial charge in [0.25, 0.3) is 0 Å². The Hall–Kier alpha value is -1.89. The molecule has 90 valence electrons. The Labute approximate surface area is 107 Å². The fourth-order valence-corrected chi connectivity index (χ4v) is 3.10. The fraction of sp³-hybridized carbons (Fsp3) is 0.235. The lowest BCUT2D eigenvalue weighted by Crippen LogP contribution is -1.98. The maximum Gasteiger partial charge on any atom is 0.189 e. The molecule has 0 N–H and O–H groups in total. The van der Waals surface area contributed by atoms with Gasteiger partial charge >= 0.3 is 0 Å². The molecule has 0 saturated carbocycles. The summed E-state index contributed by atoms with van der Waals surface area (Å²) in [5, 5.41) is 2.46. The van der Waals surface area contributed by atoms with Crippen LogP contribution in [0.5, 0.6) is 0 Å². The van der Waals surface area contributed by atoms with Crippen molar-refractivity contribution in [1.29, 1.82) is 0 Å². The van der Waals surface area contributed by atoms with Gasteiger partial charge in [-0.15, -0.1) is 0 Å². The van der Waals surface area contributed by atoms with Crippen LogP contribution in [-0.2, 0) is 0 Å². The van der Waals surface area contributed by atoms with Crippen molar-refractivity contribution < 1.29 is 4.79 Å². The molecule has 0 amide bonds. The minimum atomic E-state index is 0.189. The van der Waals surface area contributed by atoms with E-state index < -0.39 is 0 Å². The number of allylic oxidation sites excluding steroid dienone is 2. The number of ketones is 1. The van der Waals surface area contributed by atoms with Gasteiger partial charge in [-0.1, -0.05) is 18.2 Å². The molecule has 1 nitrogen and oxygen atoms in total. The van der Waals surface area contributed by atoms with Crippen molar-refractivity contribution in [3.63, 3.8) is 0 Å². The highest BCUT2D eigenvalue weighted by atomic mass is 16.1. The first-order valence-electron chi connectivity index (χ1n) is 6.28. The summed E-state index contributed by atoms with van der Waals surface area (Å²) < 4.78 is 0. The standard InChI is InChI=1S/C17H16O/c1-9-6-5-7-13-8-14-16(12(4)15(9)13)10(2)11(3)17(14)18/h5-8H,1-4H3. The van der Waals surface area contributed by atoms with Crippen LogP contribution >= 0.6 is 0 Å². The predicted molar refractivity (Wildman–Crippen MR) is 76.0 cm³/mol. The van der Waals surface area contributed by atoms with E-state index in [9.17, 15) is 4.79 Å². The van der Waals surface area contributed by atoms with Crippen LogP contribution in [0, 0.1) is 13.8 Å². The van der Waals surface area contributed by atoms with Gasteiger partial charge in [0.15, 0.2) is 5.78 Å². The van der Waals surface area contributed by atoms with Crippen molar-refractivity contribution in [1.82, 2.24) is 0 Å². The van der Waals surface area contributed by atoms with E-state index in [0.717, 1.165) is 22.3 Å². The van der Waals surface area contributed by atoms with Crippen molar-refractivity contribution in [2.24, 2.45) is 0 Å². The first kappa shape index (κ1) is 11.2. The minimum Gasteiger partial charge on any atom is -0.289 e. The van der Waals surface area contributed by atoms with E-state index in [1.54, 1.807) is 0 Å². The number of Topliss-reactive ketones (excluding diaryl/α,β-unsaturated/α-hetero) is 1. The van der Waals surface area contributed by atoms with Crippen LogP contribution < -0.4 is 0 Å². The molecule has 3 rings (SSSR count). The maximum absolute atomic E-state index is 12.2. The van der Waals surface area contributed by atoms with Gasteiger partial charge in [-0.3, -0.25) is 4.79 Å². The van der Waals surface area contributed by atoms with Crippen LogP contribution in [0.1, 0.15) is 40.9 Å². The quantitative estimate of drug-likeness (QED) is 0.660. The summed E-state index contributed by atoms with van der Waals surface area (Å²) in [7, 11) is 0. The average molecular weight is 236 g/mol. The summed E-state index contributed by atoms with van der Waals surface area (Å²) in [6, 6.07) is 8.32. The van der Waals surface area contributed by atoms with Crippen molar-refractivity contribution >= 4 is 22.1 Å². The van der Waals surface area contributed by atoms with E-state index in [1.165, 1.54) is 21.9 Å². The molecular formula is C17H16O. The number of hydrogen-bond donors (Lipinski definition) is 0. The summed E-state index contributed by atoms with van der Waals surface area (Å²) in [5.41, 5.74) is 6.57. The molecule has 0 atom stereocenters. The van der Waals surface area contributed by atoms with Crippen molar-refractivity contribution in [2.75, 3.05) is 0 Å². The van der Waals surface area contributed by atoms with Crippen LogP contribution in [-0.4, -0.2) is 5.78 Å². The normalized spacial score (nSPS) is 14.6. The van der Waals surface area contributed by atoms with E-state index in [1.807, 2.05) is 13.0 Å². The monoisotopic (exact) mass is 236 g/mol. The lowest BCUT2D eigenvalue weighted by Gasteiger charge is -2.12. The number of hydrogen-bond acceptors (Lipinski definition) is 1. The number of benzene rings is 2. The summed E-state index contributed by atoms with van der Waals surface area (Å²) in [6.45, 7) is 8.23. The molecule has 0 bridgehead atoms. The maximum atomic E-state index is 12.2. The number of carbonyl (C=O) groups excluding carboxylic acids is 1. The molecule has 2 aromatic rings. The van der Waals surface area contributed by atoms with Gasteiger partial charge in [0.2, 0.25) is 0 Å². The van der Waals surface area contributed by atoms with Gasteiger partial charge in [0.05, 0.1) is 0 Å². The molecule has 2 aromatic carbocycles. The van der Waals surface area contributed by atoms with Crippen LogP contribution in [0.25, 0.3) is 16.3 Å². The van der Waals surface area contributed by atoms with E-state index in [2.05, 4.69) is 39.0 Å². The van der Waals surface area contributed by atoms with Gasteiger partial charge in [0.1, 0.15) is 0 Å². The topological polar surface area (TPSA) is 17.1 Å². The molecule has 18 heavy (non-hydrogen) atoms. The molecule has 0 saturated heterocycles. The average Bonchev–Trinajstić information content (AvgIpc) is 2.55. The highest BCUT2D eigenvalue weighted by molar-refractivity contribution is 6.22. The first-order valence-corrected chi connectivity index (χ1v) is 6.28. The minimum absolute atomic E-state index is 0.189. The molecule has 0 unspecified atom stereocenters. The lowest BCUT2D eigenvalue weighted by atomic mass is 9.92. The number of fused-ring (bicyclic) bond motifs is 2. The second-order valence-corrected chi connectivity index (χ2v) is 5.18. The Morgan fingerprint density at radius 2 is 1.67 bits per heavy atom. The molecular weight excluding hydrogens is 220 g/mol. The van der Waals surface area contributed by atoms with Crippen LogP contribution in [0.15, 0.2) is 29.8 Å². The zero-order chi connectivity index (χ0) is 13.0. The van der Waals surface area contributed by atoms with Gasteiger partial charge < -0.3 is 0 Å². The second kappa shape index (κ2) is 3.55. The van der Waals surface area contributed by atoms with E-state index in [-0.39, 0.29) is 5.78 Å². The Kier molecular flexibility index (Phi) is 2.21. The summed E-state index contributed by atoms with van der Waals surface area (Å²) >= 11 is 0. The number of rotatable bonds is 0. The number of aryl methyl sites for hydroxylation is 2. The first-order chi connectivity index (χ1) is 8.52. The molecule has 1 heteroatoms. The van der Waals surface area contributed by atoms with Gasteiger partial charge in [0, 0.05) is 11.1 Å². The highest BCUT2D eigenvalue weighted by Gasteiger charge is 2.26. The van der Waals surface area contributed by atoms with Gasteiger partial charge in [-0.2, -0.15) is 0 Å². The summed E-state index contributed by atoms with van der Waals surface area (Å²) in [5.74, 6) is 0.189. The molecule has 0 spiro atoms. The summed E-state index contributed by atoms with van der Waals surface area (Å²) in [6.07, 6.45) is 0. The zero-order valence-electron chi connectivity index (χ0n) is 11.2. The van der Waals surface area contributed by atoms with Crippen molar-refractivity contribution in [2.45, 2.75) is 27.7 Å². The smallest absolute Gasteiger partial charge is 0.189 e. The molecule has 0 heterocycles. The Morgan fingerprint density at radius 1 is 0.944 bits per heavy atom. The lowest BCUT2D eigenvalue weighted by molar-refractivity contribution is 0.103. The molecule has 0 fully saturated rings. The van der Waals surface area contributed by atoms with E-state index in [4.69, 9.17) is 0 Å². The summed E-state index contributed by atoms with van der Waals surface area (Å²) in [4.78, 5) is 12.2. The van der Waals surface area contributed by atoms with Crippen LogP contribution in [0.3, 0.4) is 0 Å². The largest absolute Gasteiger partial charge is 0.289 e. The molecule has 1 aliphatic carbocycles. The number of carbonyl (C=O) groups is 1. The third-order valence-electron chi connectivity index (χ3n) is 4.15. The van der Waals surface area contributed by atoms with Crippen molar-refractivity contribution in [3.05, 3.63) is 52.1 Å². The molecule has 0 radical (unpaired) electrons. The highest BCUT2D eigenvalue weighted by Crippen LogP contribution is 2.39. The Bertz CT molecular complexity index is 733. The van der Waals surface area contributed by atoms with Crippen LogP contribution in [0.4, 0.5) is 0 Å². The molecule has 1 aliphatic rings. The van der Waals surface area contributed by atoms with Crippen molar-refractivity contribution in [3.8, 4) is 0 Å².